The molecule has 1 aromatic heterocycles. The maximum atomic E-state index is 11.7. The summed E-state index contributed by atoms with van der Waals surface area (Å²) in [6.45, 7) is 3.28. The lowest BCUT2D eigenvalue weighted by molar-refractivity contribution is 0.196. The molecular weight excluding hydrogens is 344 g/mol. The van der Waals surface area contributed by atoms with Crippen molar-refractivity contribution in [2.24, 2.45) is 0 Å². The fourth-order valence-electron chi connectivity index (χ4n) is 3.07. The Balaban J connectivity index is 1.87. The van der Waals surface area contributed by atoms with Crippen LogP contribution in [0.2, 0.25) is 0 Å². The SMILES string of the molecule is CCn1c(-c2ccccc2)nn(CN(C)[C@H]2CCS(=O)(=O)C2)c1=S. The van der Waals surface area contributed by atoms with E-state index in [2.05, 4.69) is 5.10 Å². The smallest absolute Gasteiger partial charge is 0.199 e. The average molecular weight is 367 g/mol. The average Bonchev–Trinajstić information content (AvgIpc) is 3.08. The van der Waals surface area contributed by atoms with E-state index in [1.165, 1.54) is 0 Å². The summed E-state index contributed by atoms with van der Waals surface area (Å²) in [5.41, 5.74) is 1.02. The Kier molecular flexibility index (Phi) is 4.89. The summed E-state index contributed by atoms with van der Waals surface area (Å²) in [6, 6.07) is 9.99. The van der Waals surface area contributed by atoms with E-state index in [4.69, 9.17) is 12.2 Å². The van der Waals surface area contributed by atoms with Crippen LogP contribution < -0.4 is 0 Å². The van der Waals surface area contributed by atoms with E-state index in [0.29, 0.717) is 17.9 Å². The third kappa shape index (κ3) is 3.45. The minimum atomic E-state index is -2.90. The molecule has 0 saturated carbocycles. The molecule has 1 fully saturated rings. The number of aromatic nitrogens is 3. The van der Waals surface area contributed by atoms with E-state index in [9.17, 15) is 8.42 Å². The first-order valence-electron chi connectivity index (χ1n) is 8.05. The molecule has 0 bridgehead atoms. The van der Waals surface area contributed by atoms with E-state index in [-0.39, 0.29) is 17.5 Å². The molecular formula is C16H22N4O2S2. The topological polar surface area (TPSA) is 60.1 Å². The lowest BCUT2D eigenvalue weighted by atomic mass is 10.2. The minimum absolute atomic E-state index is 0.0313. The van der Waals surface area contributed by atoms with Crippen molar-refractivity contribution < 1.29 is 8.42 Å². The first-order valence-corrected chi connectivity index (χ1v) is 10.3. The van der Waals surface area contributed by atoms with Crippen LogP contribution in [0, 0.1) is 4.77 Å². The van der Waals surface area contributed by atoms with Gasteiger partial charge in [0.15, 0.2) is 20.4 Å². The normalized spacial score (nSPS) is 19.9. The zero-order chi connectivity index (χ0) is 17.3. The lowest BCUT2D eigenvalue weighted by Crippen LogP contribution is -2.34. The molecule has 0 radical (unpaired) electrons. The summed E-state index contributed by atoms with van der Waals surface area (Å²) in [5, 5.41) is 4.68. The van der Waals surface area contributed by atoms with Gasteiger partial charge in [-0.2, -0.15) is 5.10 Å². The standard InChI is InChI=1S/C16H22N4O2S2/c1-3-19-15(13-7-5-4-6-8-13)17-20(16(19)23)12-18(2)14-9-10-24(21,22)11-14/h4-8,14H,3,9-12H2,1-2H3/t14-/m0/s1. The number of sulfone groups is 1. The Morgan fingerprint density at radius 1 is 1.33 bits per heavy atom. The van der Waals surface area contributed by atoms with Crippen molar-refractivity contribution in [1.82, 2.24) is 19.2 Å². The fourth-order valence-corrected chi connectivity index (χ4v) is 5.19. The van der Waals surface area contributed by atoms with Crippen molar-refractivity contribution in [3.63, 3.8) is 0 Å². The molecule has 6 nitrogen and oxygen atoms in total. The zero-order valence-corrected chi connectivity index (χ0v) is 15.6. The van der Waals surface area contributed by atoms with Crippen LogP contribution in [0.15, 0.2) is 30.3 Å². The van der Waals surface area contributed by atoms with Gasteiger partial charge in [-0.05, 0) is 32.6 Å². The Labute approximate surface area is 147 Å². The molecule has 2 aromatic rings. The molecule has 0 N–H and O–H groups in total. The molecule has 24 heavy (non-hydrogen) atoms. The van der Waals surface area contributed by atoms with Gasteiger partial charge in [-0.25, -0.2) is 13.1 Å². The second kappa shape index (κ2) is 6.78. The molecule has 1 aliphatic rings. The molecule has 8 heteroatoms. The predicted octanol–water partition coefficient (Wildman–Crippen LogP) is 2.18. The molecule has 0 unspecified atom stereocenters. The maximum absolute atomic E-state index is 11.7. The summed E-state index contributed by atoms with van der Waals surface area (Å²) in [5.74, 6) is 1.33. The number of hydrogen-bond acceptors (Lipinski definition) is 5. The molecule has 0 spiro atoms. The van der Waals surface area contributed by atoms with Crippen molar-refractivity contribution in [3.05, 3.63) is 35.1 Å². The summed E-state index contributed by atoms with van der Waals surface area (Å²) in [6.07, 6.45) is 0.673. The highest BCUT2D eigenvalue weighted by Gasteiger charge is 2.31. The van der Waals surface area contributed by atoms with Gasteiger partial charge in [0.1, 0.15) is 0 Å². The van der Waals surface area contributed by atoms with Crippen LogP contribution in [-0.2, 0) is 23.1 Å². The lowest BCUT2D eigenvalue weighted by Gasteiger charge is -2.22. The number of nitrogens with zero attached hydrogens (tertiary/aromatic N) is 4. The van der Waals surface area contributed by atoms with Gasteiger partial charge in [-0.1, -0.05) is 30.3 Å². The molecule has 130 valence electrons. The number of hydrogen-bond donors (Lipinski definition) is 0. The van der Waals surface area contributed by atoms with Crippen molar-refractivity contribution in [2.75, 3.05) is 18.6 Å². The third-order valence-electron chi connectivity index (χ3n) is 4.46. The van der Waals surface area contributed by atoms with Crippen molar-refractivity contribution >= 4 is 22.1 Å². The van der Waals surface area contributed by atoms with Crippen LogP contribution in [0.25, 0.3) is 11.4 Å². The van der Waals surface area contributed by atoms with Crippen LogP contribution in [-0.4, -0.2) is 52.3 Å². The quantitative estimate of drug-likeness (QED) is 0.759. The van der Waals surface area contributed by atoms with Crippen molar-refractivity contribution in [1.29, 1.82) is 0 Å². The van der Waals surface area contributed by atoms with E-state index in [1.807, 2.05) is 53.8 Å². The van der Waals surface area contributed by atoms with Gasteiger partial charge < -0.3 is 4.57 Å². The molecule has 3 rings (SSSR count). The molecule has 1 aliphatic heterocycles. The largest absolute Gasteiger partial charge is 0.300 e. The molecule has 0 aliphatic carbocycles. The van der Waals surface area contributed by atoms with Crippen LogP contribution in [0.4, 0.5) is 0 Å². The Hall–Kier alpha value is -1.51. The second-order valence-electron chi connectivity index (χ2n) is 6.17. The van der Waals surface area contributed by atoms with E-state index < -0.39 is 9.84 Å². The van der Waals surface area contributed by atoms with Gasteiger partial charge in [-0.3, -0.25) is 4.90 Å². The second-order valence-corrected chi connectivity index (χ2v) is 8.77. The van der Waals surface area contributed by atoms with Crippen LogP contribution in [0.1, 0.15) is 13.3 Å². The zero-order valence-electron chi connectivity index (χ0n) is 13.9. The molecule has 2 heterocycles. The van der Waals surface area contributed by atoms with Gasteiger partial charge in [0.05, 0.1) is 18.2 Å². The van der Waals surface area contributed by atoms with Gasteiger partial charge in [0.2, 0.25) is 0 Å². The van der Waals surface area contributed by atoms with Crippen molar-refractivity contribution in [3.8, 4) is 11.4 Å². The summed E-state index contributed by atoms with van der Waals surface area (Å²) >= 11 is 5.57. The maximum Gasteiger partial charge on any atom is 0.199 e. The van der Waals surface area contributed by atoms with Crippen LogP contribution in [0.3, 0.4) is 0 Å². The third-order valence-corrected chi connectivity index (χ3v) is 6.64. The summed E-state index contributed by atoms with van der Waals surface area (Å²) in [7, 11) is -0.965. The van der Waals surface area contributed by atoms with E-state index in [0.717, 1.165) is 17.9 Å². The highest BCUT2D eigenvalue weighted by atomic mass is 32.2. The van der Waals surface area contributed by atoms with Crippen LogP contribution in [0.5, 0.6) is 0 Å². The van der Waals surface area contributed by atoms with E-state index >= 15 is 0 Å². The molecule has 1 aromatic carbocycles. The highest BCUT2D eigenvalue weighted by molar-refractivity contribution is 7.91. The predicted molar refractivity (Wildman–Crippen MR) is 97.0 cm³/mol. The monoisotopic (exact) mass is 366 g/mol. The van der Waals surface area contributed by atoms with Gasteiger partial charge >= 0.3 is 0 Å². The first-order chi connectivity index (χ1) is 11.4. The van der Waals surface area contributed by atoms with Gasteiger partial charge in [0.25, 0.3) is 0 Å². The number of benzene rings is 1. The summed E-state index contributed by atoms with van der Waals surface area (Å²) in [4.78, 5) is 2.03. The minimum Gasteiger partial charge on any atom is -0.300 e. The highest BCUT2D eigenvalue weighted by Crippen LogP contribution is 2.20. The fraction of sp³-hybridized carbons (Fsp3) is 0.500. The Bertz CT molecular complexity index is 871. The van der Waals surface area contributed by atoms with Crippen molar-refractivity contribution in [2.45, 2.75) is 32.6 Å². The van der Waals surface area contributed by atoms with E-state index in [1.54, 1.807) is 4.68 Å². The molecule has 1 saturated heterocycles. The van der Waals surface area contributed by atoms with Gasteiger partial charge in [0, 0.05) is 18.2 Å². The molecule has 1 atom stereocenters. The van der Waals surface area contributed by atoms with Gasteiger partial charge in [-0.15, -0.1) is 0 Å². The summed E-state index contributed by atoms with van der Waals surface area (Å²) < 4.78 is 27.8. The van der Waals surface area contributed by atoms with Crippen LogP contribution >= 0.6 is 12.2 Å². The molecule has 0 amide bonds. The first kappa shape index (κ1) is 17.3. The Morgan fingerprint density at radius 3 is 2.62 bits per heavy atom. The number of rotatable bonds is 5. The Morgan fingerprint density at radius 2 is 2.04 bits per heavy atom.